The molecule has 1 amide bonds. The van der Waals surface area contributed by atoms with E-state index >= 15 is 0 Å². The van der Waals surface area contributed by atoms with Crippen LogP contribution in [0.15, 0.2) is 54.6 Å². The largest absolute Gasteiger partial charge is 0.369 e. The summed E-state index contributed by atoms with van der Waals surface area (Å²) in [5.74, 6) is 0.0482. The first-order valence-electron chi connectivity index (χ1n) is 10.9. The van der Waals surface area contributed by atoms with Crippen LogP contribution in [0.1, 0.15) is 22.5 Å². The fourth-order valence-electron chi connectivity index (χ4n) is 4.13. The van der Waals surface area contributed by atoms with E-state index in [1.54, 1.807) is 0 Å². The Morgan fingerprint density at radius 3 is 2.45 bits per heavy atom. The second kappa shape index (κ2) is 9.35. The molecule has 162 valence electrons. The van der Waals surface area contributed by atoms with Crippen LogP contribution in [0.3, 0.4) is 0 Å². The van der Waals surface area contributed by atoms with Crippen LogP contribution >= 0.6 is 0 Å². The third-order valence-electron chi connectivity index (χ3n) is 6.06. The molecule has 6 heteroatoms. The predicted octanol–water partition coefficient (Wildman–Crippen LogP) is 3.24. The van der Waals surface area contributed by atoms with Gasteiger partial charge in [-0.05, 0) is 56.2 Å². The van der Waals surface area contributed by atoms with E-state index in [0.717, 1.165) is 43.3 Å². The van der Waals surface area contributed by atoms with Gasteiger partial charge in [0, 0.05) is 37.6 Å². The van der Waals surface area contributed by atoms with Crippen LogP contribution in [-0.4, -0.2) is 53.3 Å². The number of piperazine rings is 1. The van der Waals surface area contributed by atoms with Crippen molar-refractivity contribution in [3.8, 4) is 5.69 Å². The van der Waals surface area contributed by atoms with Crippen molar-refractivity contribution >= 4 is 11.6 Å². The molecule has 0 unspecified atom stereocenters. The number of nitrogens with one attached hydrogen (secondary N) is 1. The zero-order valence-corrected chi connectivity index (χ0v) is 18.6. The molecule has 1 N–H and O–H groups in total. The molecule has 4 rings (SSSR count). The third kappa shape index (κ3) is 4.97. The van der Waals surface area contributed by atoms with Gasteiger partial charge in [0.25, 0.3) is 0 Å². The molecule has 1 fully saturated rings. The molecule has 0 spiro atoms. The zero-order valence-electron chi connectivity index (χ0n) is 18.6. The predicted molar refractivity (Wildman–Crippen MR) is 125 cm³/mol. The summed E-state index contributed by atoms with van der Waals surface area (Å²) in [6, 6.07) is 18.5. The second-order valence-corrected chi connectivity index (χ2v) is 8.28. The summed E-state index contributed by atoms with van der Waals surface area (Å²) in [7, 11) is 0. The highest BCUT2D eigenvalue weighted by atomic mass is 16.2. The van der Waals surface area contributed by atoms with Gasteiger partial charge in [0.2, 0.25) is 5.91 Å². The lowest BCUT2D eigenvalue weighted by atomic mass is 10.1. The third-order valence-corrected chi connectivity index (χ3v) is 6.06. The Labute approximate surface area is 184 Å². The molecule has 3 aromatic rings. The van der Waals surface area contributed by atoms with Crippen molar-refractivity contribution in [2.45, 2.75) is 27.3 Å². The number of amides is 1. The van der Waals surface area contributed by atoms with Crippen LogP contribution < -0.4 is 10.2 Å². The quantitative estimate of drug-likeness (QED) is 0.669. The number of aryl methyl sites for hydroxylation is 2. The molecule has 1 aromatic heterocycles. The molecule has 0 bridgehead atoms. The van der Waals surface area contributed by atoms with E-state index in [2.05, 4.69) is 52.3 Å². The SMILES string of the molecule is Cc1cccc(N2CCN(CC(=O)NCc3cc(C)n(-c4ccccc4)n3)CC2)c1C. The Morgan fingerprint density at radius 2 is 1.71 bits per heavy atom. The van der Waals surface area contributed by atoms with Crippen LogP contribution in [-0.2, 0) is 11.3 Å². The topological polar surface area (TPSA) is 53.4 Å². The number of para-hydroxylation sites is 1. The Hall–Kier alpha value is -3.12. The lowest BCUT2D eigenvalue weighted by Crippen LogP contribution is -2.49. The highest BCUT2D eigenvalue weighted by Gasteiger charge is 2.20. The average Bonchev–Trinajstić information content (AvgIpc) is 3.16. The minimum absolute atomic E-state index is 0.0482. The standard InChI is InChI=1S/C25H31N5O/c1-19-8-7-11-24(21(19)3)29-14-12-28(13-15-29)18-25(31)26-17-22-16-20(2)30(27-22)23-9-5-4-6-10-23/h4-11,16H,12-15,17-18H2,1-3H3,(H,26,31). The van der Waals surface area contributed by atoms with Gasteiger partial charge in [-0.25, -0.2) is 4.68 Å². The Morgan fingerprint density at radius 1 is 0.968 bits per heavy atom. The Kier molecular flexibility index (Phi) is 6.37. The summed E-state index contributed by atoms with van der Waals surface area (Å²) in [5.41, 5.74) is 6.93. The number of nitrogens with zero attached hydrogens (tertiary/aromatic N) is 4. The van der Waals surface area contributed by atoms with Crippen molar-refractivity contribution in [3.63, 3.8) is 0 Å². The molecule has 2 heterocycles. The first-order valence-corrected chi connectivity index (χ1v) is 10.9. The fraction of sp³-hybridized carbons (Fsp3) is 0.360. The highest BCUT2D eigenvalue weighted by molar-refractivity contribution is 5.78. The van der Waals surface area contributed by atoms with Crippen molar-refractivity contribution in [1.82, 2.24) is 20.0 Å². The number of carbonyl (C=O) groups is 1. The minimum Gasteiger partial charge on any atom is -0.369 e. The number of rotatable bonds is 6. The van der Waals surface area contributed by atoms with Crippen LogP contribution in [0.5, 0.6) is 0 Å². The molecule has 0 aliphatic carbocycles. The number of carbonyl (C=O) groups excluding carboxylic acids is 1. The summed E-state index contributed by atoms with van der Waals surface area (Å²) in [5, 5.41) is 7.67. The van der Waals surface area contributed by atoms with Gasteiger partial charge >= 0.3 is 0 Å². The Bertz CT molecular complexity index is 1040. The van der Waals surface area contributed by atoms with E-state index < -0.39 is 0 Å². The number of hydrogen-bond acceptors (Lipinski definition) is 4. The van der Waals surface area contributed by atoms with Crippen LogP contribution in [0, 0.1) is 20.8 Å². The van der Waals surface area contributed by atoms with Gasteiger partial charge in [0.05, 0.1) is 24.5 Å². The van der Waals surface area contributed by atoms with Crippen LogP contribution in [0.4, 0.5) is 5.69 Å². The average molecular weight is 418 g/mol. The van der Waals surface area contributed by atoms with Crippen molar-refractivity contribution in [3.05, 3.63) is 77.1 Å². The first kappa shape index (κ1) is 21.1. The van der Waals surface area contributed by atoms with Gasteiger partial charge in [-0.15, -0.1) is 0 Å². The van der Waals surface area contributed by atoms with Crippen molar-refractivity contribution in [1.29, 1.82) is 0 Å². The maximum absolute atomic E-state index is 12.5. The highest BCUT2D eigenvalue weighted by Crippen LogP contribution is 2.23. The molecule has 0 radical (unpaired) electrons. The summed E-state index contributed by atoms with van der Waals surface area (Å²) < 4.78 is 1.91. The maximum atomic E-state index is 12.5. The lowest BCUT2D eigenvalue weighted by Gasteiger charge is -2.36. The number of aromatic nitrogens is 2. The van der Waals surface area contributed by atoms with Gasteiger partial charge in [-0.2, -0.15) is 5.10 Å². The van der Waals surface area contributed by atoms with Crippen molar-refractivity contribution in [2.24, 2.45) is 0 Å². The van der Waals surface area contributed by atoms with E-state index in [0.29, 0.717) is 13.1 Å². The normalized spacial score (nSPS) is 14.6. The molecule has 1 aliphatic heterocycles. The van der Waals surface area contributed by atoms with Crippen molar-refractivity contribution < 1.29 is 4.79 Å². The summed E-state index contributed by atoms with van der Waals surface area (Å²) >= 11 is 0. The summed E-state index contributed by atoms with van der Waals surface area (Å²) in [6.07, 6.45) is 0. The molecule has 31 heavy (non-hydrogen) atoms. The van der Waals surface area contributed by atoms with E-state index in [-0.39, 0.29) is 5.91 Å². The summed E-state index contributed by atoms with van der Waals surface area (Å²) in [6.45, 7) is 10.9. The van der Waals surface area contributed by atoms with Gasteiger partial charge in [0.15, 0.2) is 0 Å². The molecule has 1 saturated heterocycles. The number of hydrogen-bond donors (Lipinski definition) is 1. The number of benzene rings is 2. The van der Waals surface area contributed by atoms with E-state index in [9.17, 15) is 4.79 Å². The molecule has 1 aliphatic rings. The van der Waals surface area contributed by atoms with Crippen molar-refractivity contribution in [2.75, 3.05) is 37.6 Å². The van der Waals surface area contributed by atoms with Crippen LogP contribution in [0.2, 0.25) is 0 Å². The van der Waals surface area contributed by atoms with E-state index in [4.69, 9.17) is 0 Å². The molecular weight excluding hydrogens is 386 g/mol. The minimum atomic E-state index is 0.0482. The smallest absolute Gasteiger partial charge is 0.234 e. The zero-order chi connectivity index (χ0) is 21.8. The maximum Gasteiger partial charge on any atom is 0.234 e. The molecule has 0 atom stereocenters. The second-order valence-electron chi connectivity index (χ2n) is 8.28. The van der Waals surface area contributed by atoms with Gasteiger partial charge < -0.3 is 10.2 Å². The van der Waals surface area contributed by atoms with Gasteiger partial charge in [-0.3, -0.25) is 9.69 Å². The molecule has 0 saturated carbocycles. The number of anilines is 1. The molecule has 6 nitrogen and oxygen atoms in total. The van der Waals surface area contributed by atoms with E-state index in [1.165, 1.54) is 16.8 Å². The van der Waals surface area contributed by atoms with Gasteiger partial charge in [0.1, 0.15) is 0 Å². The van der Waals surface area contributed by atoms with Crippen LogP contribution in [0.25, 0.3) is 5.69 Å². The monoisotopic (exact) mass is 417 g/mol. The van der Waals surface area contributed by atoms with Gasteiger partial charge in [-0.1, -0.05) is 30.3 Å². The Balaban J connectivity index is 1.26. The lowest BCUT2D eigenvalue weighted by molar-refractivity contribution is -0.122. The summed E-state index contributed by atoms with van der Waals surface area (Å²) in [4.78, 5) is 17.1. The molecule has 2 aromatic carbocycles. The molecular formula is C25H31N5O. The first-order chi connectivity index (χ1) is 15.0. The fourth-order valence-corrected chi connectivity index (χ4v) is 4.13. The van der Waals surface area contributed by atoms with E-state index in [1.807, 2.05) is 48.0 Å².